The molecule has 0 saturated carbocycles. The zero-order valence-electron chi connectivity index (χ0n) is 11.3. The molecule has 0 unspecified atom stereocenters. The van der Waals surface area contributed by atoms with Gasteiger partial charge >= 0.3 is 0 Å². The van der Waals surface area contributed by atoms with Crippen LogP contribution in [0.15, 0.2) is 18.2 Å². The number of rotatable bonds is 2. The van der Waals surface area contributed by atoms with Gasteiger partial charge in [-0.3, -0.25) is 4.79 Å². The first-order chi connectivity index (χ1) is 8.99. The number of likely N-dealkylation sites (tertiary alicyclic amines) is 1. The van der Waals surface area contributed by atoms with Crippen molar-refractivity contribution in [2.45, 2.75) is 26.7 Å². The standard InChI is InChI=1S/C15H19F2NO/c1-10(2)11-5-7-18(8-6-11)15(19)13-4-3-12(16)9-14(13)17/h3-4,9-11H,5-8H2,1-2H3. The van der Waals surface area contributed by atoms with Crippen molar-refractivity contribution in [1.29, 1.82) is 0 Å². The fraction of sp³-hybridized carbons (Fsp3) is 0.533. The van der Waals surface area contributed by atoms with Crippen molar-refractivity contribution in [3.63, 3.8) is 0 Å². The van der Waals surface area contributed by atoms with Crippen molar-refractivity contribution < 1.29 is 13.6 Å². The van der Waals surface area contributed by atoms with Crippen LogP contribution in [-0.4, -0.2) is 23.9 Å². The predicted molar refractivity (Wildman–Crippen MR) is 69.8 cm³/mol. The smallest absolute Gasteiger partial charge is 0.256 e. The van der Waals surface area contributed by atoms with Crippen LogP contribution >= 0.6 is 0 Å². The molecule has 0 N–H and O–H groups in total. The van der Waals surface area contributed by atoms with Crippen molar-refractivity contribution in [3.8, 4) is 0 Å². The van der Waals surface area contributed by atoms with Gasteiger partial charge < -0.3 is 4.90 Å². The number of carbonyl (C=O) groups is 1. The van der Waals surface area contributed by atoms with E-state index in [1.807, 2.05) is 0 Å². The van der Waals surface area contributed by atoms with E-state index in [1.54, 1.807) is 4.90 Å². The molecule has 1 aliphatic heterocycles. The maximum Gasteiger partial charge on any atom is 0.256 e. The van der Waals surface area contributed by atoms with Crippen molar-refractivity contribution in [2.24, 2.45) is 11.8 Å². The topological polar surface area (TPSA) is 20.3 Å². The van der Waals surface area contributed by atoms with E-state index in [0.717, 1.165) is 25.0 Å². The van der Waals surface area contributed by atoms with Crippen molar-refractivity contribution in [3.05, 3.63) is 35.4 Å². The van der Waals surface area contributed by atoms with Crippen LogP contribution in [0.25, 0.3) is 0 Å². The first kappa shape index (κ1) is 14.0. The SMILES string of the molecule is CC(C)C1CCN(C(=O)c2ccc(F)cc2F)CC1. The van der Waals surface area contributed by atoms with E-state index < -0.39 is 11.6 Å². The van der Waals surface area contributed by atoms with Gasteiger partial charge in [-0.05, 0) is 36.8 Å². The van der Waals surface area contributed by atoms with Crippen LogP contribution in [0.3, 0.4) is 0 Å². The number of benzene rings is 1. The number of carbonyl (C=O) groups excluding carboxylic acids is 1. The quantitative estimate of drug-likeness (QED) is 0.803. The Bertz CT molecular complexity index is 465. The molecular weight excluding hydrogens is 248 g/mol. The Morgan fingerprint density at radius 2 is 1.89 bits per heavy atom. The zero-order chi connectivity index (χ0) is 14.0. The normalized spacial score (nSPS) is 17.0. The Balaban J connectivity index is 2.05. The molecule has 2 nitrogen and oxygen atoms in total. The summed E-state index contributed by atoms with van der Waals surface area (Å²) in [5.41, 5.74) is -0.0376. The summed E-state index contributed by atoms with van der Waals surface area (Å²) in [4.78, 5) is 13.8. The lowest BCUT2D eigenvalue weighted by atomic mass is 9.86. The zero-order valence-corrected chi connectivity index (χ0v) is 11.3. The van der Waals surface area contributed by atoms with Crippen LogP contribution in [0.2, 0.25) is 0 Å². The fourth-order valence-electron chi connectivity index (χ4n) is 2.60. The van der Waals surface area contributed by atoms with Gasteiger partial charge in [-0.2, -0.15) is 0 Å². The van der Waals surface area contributed by atoms with Crippen molar-refractivity contribution in [2.75, 3.05) is 13.1 Å². The summed E-state index contributed by atoms with van der Waals surface area (Å²) in [5.74, 6) is -0.537. The van der Waals surface area contributed by atoms with Gasteiger partial charge in [-0.25, -0.2) is 8.78 Å². The molecule has 0 radical (unpaired) electrons. The van der Waals surface area contributed by atoms with Gasteiger partial charge in [0.05, 0.1) is 5.56 Å². The second-order valence-electron chi connectivity index (χ2n) is 5.50. The van der Waals surface area contributed by atoms with Gasteiger partial charge in [0, 0.05) is 19.2 Å². The van der Waals surface area contributed by atoms with Crippen LogP contribution < -0.4 is 0 Å². The second kappa shape index (κ2) is 5.68. The molecule has 4 heteroatoms. The average molecular weight is 267 g/mol. The minimum absolute atomic E-state index is 0.0376. The highest BCUT2D eigenvalue weighted by molar-refractivity contribution is 5.94. The number of nitrogens with zero attached hydrogens (tertiary/aromatic N) is 1. The van der Waals surface area contributed by atoms with Crippen LogP contribution in [0, 0.1) is 23.5 Å². The number of halogens is 2. The molecule has 0 aromatic heterocycles. The fourth-order valence-corrected chi connectivity index (χ4v) is 2.60. The molecule has 1 aliphatic rings. The molecule has 1 fully saturated rings. The highest BCUT2D eigenvalue weighted by atomic mass is 19.1. The van der Waals surface area contributed by atoms with E-state index in [1.165, 1.54) is 6.07 Å². The Morgan fingerprint density at radius 1 is 1.26 bits per heavy atom. The first-order valence-corrected chi connectivity index (χ1v) is 6.73. The van der Waals surface area contributed by atoms with Crippen molar-refractivity contribution >= 4 is 5.91 Å². The van der Waals surface area contributed by atoms with Gasteiger partial charge in [0.15, 0.2) is 0 Å². The highest BCUT2D eigenvalue weighted by Crippen LogP contribution is 2.25. The van der Waals surface area contributed by atoms with E-state index in [-0.39, 0.29) is 11.5 Å². The molecule has 1 aromatic rings. The maximum atomic E-state index is 13.6. The Kier molecular flexibility index (Phi) is 4.17. The largest absolute Gasteiger partial charge is 0.339 e. The summed E-state index contributed by atoms with van der Waals surface area (Å²) in [6.45, 7) is 5.67. The van der Waals surface area contributed by atoms with Crippen LogP contribution in [-0.2, 0) is 0 Å². The van der Waals surface area contributed by atoms with Crippen LogP contribution in [0.1, 0.15) is 37.0 Å². The first-order valence-electron chi connectivity index (χ1n) is 6.73. The number of amides is 1. The lowest BCUT2D eigenvalue weighted by molar-refractivity contribution is 0.0663. The summed E-state index contributed by atoms with van der Waals surface area (Å²) in [5, 5.41) is 0. The van der Waals surface area contributed by atoms with Gasteiger partial charge in [0.1, 0.15) is 11.6 Å². The highest BCUT2D eigenvalue weighted by Gasteiger charge is 2.26. The van der Waals surface area contributed by atoms with E-state index in [4.69, 9.17) is 0 Å². The van der Waals surface area contributed by atoms with Gasteiger partial charge in [0.2, 0.25) is 0 Å². The van der Waals surface area contributed by atoms with E-state index >= 15 is 0 Å². The van der Waals surface area contributed by atoms with Gasteiger partial charge in [0.25, 0.3) is 5.91 Å². The van der Waals surface area contributed by atoms with E-state index in [2.05, 4.69) is 13.8 Å². The number of piperidine rings is 1. The summed E-state index contributed by atoms with van der Waals surface area (Å²) in [6.07, 6.45) is 1.90. The molecule has 0 bridgehead atoms. The number of hydrogen-bond acceptors (Lipinski definition) is 1. The molecule has 0 spiro atoms. The molecule has 1 saturated heterocycles. The Hall–Kier alpha value is -1.45. The Morgan fingerprint density at radius 3 is 2.42 bits per heavy atom. The minimum atomic E-state index is -0.781. The summed E-state index contributed by atoms with van der Waals surface area (Å²) >= 11 is 0. The summed E-state index contributed by atoms with van der Waals surface area (Å²) in [6, 6.07) is 3.10. The maximum absolute atomic E-state index is 13.6. The molecule has 0 atom stereocenters. The van der Waals surface area contributed by atoms with Gasteiger partial charge in [-0.1, -0.05) is 13.8 Å². The monoisotopic (exact) mass is 267 g/mol. The molecule has 19 heavy (non-hydrogen) atoms. The van der Waals surface area contributed by atoms with E-state index in [0.29, 0.717) is 24.9 Å². The summed E-state index contributed by atoms with van der Waals surface area (Å²) in [7, 11) is 0. The Labute approximate surface area is 112 Å². The third-order valence-electron chi connectivity index (χ3n) is 3.93. The van der Waals surface area contributed by atoms with Gasteiger partial charge in [-0.15, -0.1) is 0 Å². The molecule has 2 rings (SSSR count). The molecule has 104 valence electrons. The molecule has 1 aromatic carbocycles. The third-order valence-corrected chi connectivity index (χ3v) is 3.93. The predicted octanol–water partition coefficient (Wildman–Crippen LogP) is 3.47. The number of hydrogen-bond donors (Lipinski definition) is 0. The molecule has 1 amide bonds. The van der Waals surface area contributed by atoms with Crippen molar-refractivity contribution in [1.82, 2.24) is 4.90 Å². The minimum Gasteiger partial charge on any atom is -0.339 e. The summed E-state index contributed by atoms with van der Waals surface area (Å²) < 4.78 is 26.4. The van der Waals surface area contributed by atoms with Crippen LogP contribution in [0.5, 0.6) is 0 Å². The average Bonchev–Trinajstić information content (AvgIpc) is 2.38. The lowest BCUT2D eigenvalue weighted by Gasteiger charge is -2.34. The molecule has 0 aliphatic carbocycles. The lowest BCUT2D eigenvalue weighted by Crippen LogP contribution is -2.39. The third kappa shape index (κ3) is 3.11. The molecule has 1 heterocycles. The second-order valence-corrected chi connectivity index (χ2v) is 5.50. The molecular formula is C15H19F2NO. The van der Waals surface area contributed by atoms with Crippen LogP contribution in [0.4, 0.5) is 8.78 Å². The van der Waals surface area contributed by atoms with E-state index in [9.17, 15) is 13.6 Å².